The molecule has 4 fully saturated rings. The van der Waals surface area contributed by atoms with Gasteiger partial charge in [-0.05, 0) is 0 Å². The molecule has 156 valence electrons. The number of hydrogen-bond donors (Lipinski definition) is 0. The number of epoxide rings is 4. The summed E-state index contributed by atoms with van der Waals surface area (Å²) in [7, 11) is 0. The second-order valence-electron chi connectivity index (χ2n) is 7.35. The Morgan fingerprint density at radius 2 is 0.815 bits per heavy atom. The number of rotatable bonds is 18. The van der Waals surface area contributed by atoms with Crippen LogP contribution in [0.2, 0.25) is 7.93 Å². The van der Waals surface area contributed by atoms with Gasteiger partial charge in [-0.2, -0.15) is 0 Å². The van der Waals surface area contributed by atoms with Crippen molar-refractivity contribution in [1.82, 2.24) is 0 Å². The summed E-state index contributed by atoms with van der Waals surface area (Å²) in [4.78, 5) is 0. The third-order valence-electron chi connectivity index (χ3n) is 4.42. The summed E-state index contributed by atoms with van der Waals surface area (Å²) in [6, 6.07) is 0. The van der Waals surface area contributed by atoms with Gasteiger partial charge >= 0.3 is 192 Å². The fourth-order valence-electron chi connectivity index (χ4n) is 2.51. The summed E-state index contributed by atoms with van der Waals surface area (Å²) in [5.41, 5.74) is 0. The fraction of sp³-hybridized carbons (Fsp3) is 1.00. The van der Waals surface area contributed by atoms with E-state index in [1.165, 1.54) is 46.0 Å². The van der Waals surface area contributed by atoms with Crippen molar-refractivity contribution in [3.63, 3.8) is 0 Å². The monoisotopic (exact) mass is 568 g/mol. The summed E-state index contributed by atoms with van der Waals surface area (Å²) < 4.78 is 23.4. The van der Waals surface area contributed by atoms with E-state index in [4.69, 9.17) is 18.9 Å². The molecule has 4 atom stereocenters. The Balaban J connectivity index is 1.18. The summed E-state index contributed by atoms with van der Waals surface area (Å²) in [6.45, 7) is 3.96. The van der Waals surface area contributed by atoms with Crippen molar-refractivity contribution >= 4 is 68.0 Å². The second-order valence-corrected chi connectivity index (χ2v) is 16.2. The van der Waals surface area contributed by atoms with Crippen LogP contribution in [0.1, 0.15) is 0 Å². The molecule has 4 heterocycles. The molecule has 0 saturated carbocycles. The average molecular weight is 566 g/mol. The van der Waals surface area contributed by atoms with Crippen LogP contribution in [-0.4, -0.2) is 118 Å². The molecular weight excluding hydrogens is 536 g/mol. The molecule has 0 aromatic carbocycles. The molecule has 27 heavy (non-hydrogen) atoms. The van der Waals surface area contributed by atoms with Gasteiger partial charge in [0.15, 0.2) is 0 Å². The quantitative estimate of drug-likeness (QED) is 0.186. The molecule has 0 spiro atoms. The summed E-state index contributed by atoms with van der Waals surface area (Å²) >= 11 is 8.53. The van der Waals surface area contributed by atoms with Crippen molar-refractivity contribution in [2.45, 2.75) is 32.3 Å². The molecule has 4 aliphatic rings. The van der Waals surface area contributed by atoms with Crippen LogP contribution in [-0.2, 0) is 18.9 Å². The molecule has 0 bridgehead atoms. The van der Waals surface area contributed by atoms with Crippen LogP contribution in [0.5, 0.6) is 0 Å². The van der Waals surface area contributed by atoms with Crippen molar-refractivity contribution in [1.29, 1.82) is 0 Å². The van der Waals surface area contributed by atoms with E-state index in [0.29, 0.717) is 24.4 Å². The van der Waals surface area contributed by atoms with Gasteiger partial charge in [0.25, 0.3) is 0 Å². The van der Waals surface area contributed by atoms with Gasteiger partial charge in [0.05, 0.1) is 0 Å². The SMILES string of the molecule is C1OC1CSCC(CSCC1CO1)[Te]C(CSCC1CO1)CSCC1CO1. The molecule has 4 rings (SSSR count). The summed E-state index contributed by atoms with van der Waals surface area (Å²) in [5, 5.41) is 0. The molecule has 0 amide bonds. The van der Waals surface area contributed by atoms with Crippen LogP contribution in [0.3, 0.4) is 0 Å². The molecule has 9 heteroatoms. The van der Waals surface area contributed by atoms with E-state index in [0.717, 1.165) is 34.4 Å². The Kier molecular flexibility index (Phi) is 10.0. The van der Waals surface area contributed by atoms with Crippen LogP contribution in [0.4, 0.5) is 0 Å². The minimum absolute atomic E-state index is 0.0117. The van der Waals surface area contributed by atoms with Crippen molar-refractivity contribution in [2.75, 3.05) is 72.5 Å². The Hall–Kier alpha value is 2.03. The zero-order valence-electron chi connectivity index (χ0n) is 15.6. The van der Waals surface area contributed by atoms with E-state index >= 15 is 0 Å². The number of ether oxygens (including phenoxy) is 4. The van der Waals surface area contributed by atoms with Crippen LogP contribution in [0.15, 0.2) is 0 Å². The summed E-state index contributed by atoms with van der Waals surface area (Å²) in [5.74, 6) is 10.2. The van der Waals surface area contributed by atoms with E-state index in [2.05, 4.69) is 47.0 Å². The molecule has 4 saturated heterocycles. The van der Waals surface area contributed by atoms with Gasteiger partial charge in [-0.15, -0.1) is 0 Å². The molecule has 0 aromatic rings. The summed E-state index contributed by atoms with van der Waals surface area (Å²) in [6.07, 6.45) is 2.23. The first-order valence-electron chi connectivity index (χ1n) is 9.78. The normalized spacial score (nSPS) is 32.9. The Labute approximate surface area is 190 Å². The predicted molar refractivity (Wildman–Crippen MR) is 122 cm³/mol. The van der Waals surface area contributed by atoms with Crippen molar-refractivity contribution in [3.8, 4) is 0 Å². The van der Waals surface area contributed by atoms with E-state index < -0.39 is 0 Å². The topological polar surface area (TPSA) is 50.1 Å². The molecule has 4 nitrogen and oxygen atoms in total. The van der Waals surface area contributed by atoms with Gasteiger partial charge in [-0.25, -0.2) is 0 Å². The van der Waals surface area contributed by atoms with Gasteiger partial charge in [0, 0.05) is 0 Å². The van der Waals surface area contributed by atoms with E-state index in [1.54, 1.807) is 0 Å². The minimum atomic E-state index is -0.0117. The average Bonchev–Trinajstić information content (AvgIpc) is 3.48. The fourth-order valence-corrected chi connectivity index (χ4v) is 14.5. The van der Waals surface area contributed by atoms with Gasteiger partial charge in [-0.1, -0.05) is 0 Å². The number of hydrogen-bond acceptors (Lipinski definition) is 8. The molecule has 0 aromatic heterocycles. The first-order chi connectivity index (χ1) is 13.3. The molecule has 4 aliphatic heterocycles. The molecular formula is C18H30O4S4Te. The molecule has 0 aliphatic carbocycles. The third-order valence-corrected chi connectivity index (χ3v) is 16.1. The van der Waals surface area contributed by atoms with Crippen LogP contribution in [0, 0.1) is 0 Å². The molecule has 4 unspecified atom stereocenters. The second kappa shape index (κ2) is 12.2. The van der Waals surface area contributed by atoms with Crippen molar-refractivity contribution < 1.29 is 18.9 Å². The van der Waals surface area contributed by atoms with E-state index in [9.17, 15) is 0 Å². The maximum atomic E-state index is 5.39. The van der Waals surface area contributed by atoms with Crippen molar-refractivity contribution in [3.05, 3.63) is 0 Å². The molecule has 0 N–H and O–H groups in total. The van der Waals surface area contributed by atoms with E-state index in [1.807, 2.05) is 0 Å². The third kappa shape index (κ3) is 10.8. The van der Waals surface area contributed by atoms with Crippen LogP contribution < -0.4 is 0 Å². The Morgan fingerprint density at radius 1 is 0.556 bits per heavy atom. The van der Waals surface area contributed by atoms with Gasteiger partial charge in [0.1, 0.15) is 0 Å². The van der Waals surface area contributed by atoms with Gasteiger partial charge < -0.3 is 0 Å². The zero-order valence-corrected chi connectivity index (χ0v) is 21.2. The van der Waals surface area contributed by atoms with Crippen molar-refractivity contribution in [2.24, 2.45) is 0 Å². The maximum absolute atomic E-state index is 5.39. The van der Waals surface area contributed by atoms with Gasteiger partial charge in [0.2, 0.25) is 0 Å². The predicted octanol–water partition coefficient (Wildman–Crippen LogP) is 2.80. The zero-order chi connectivity index (χ0) is 18.3. The standard InChI is InChI=1S/C18H30O4S4Te/c1-13(19-1)5-23-9-17(10-24-6-14-2-20-14)27-18(11-25-7-15-3-21-15)12-26-8-16-4-22-16/h13-18H,1-12H2. The van der Waals surface area contributed by atoms with Crippen LogP contribution >= 0.6 is 47.0 Å². The molecule has 0 radical (unpaired) electrons. The first-order valence-corrected chi connectivity index (χ1v) is 17.1. The van der Waals surface area contributed by atoms with Gasteiger partial charge in [-0.3, -0.25) is 0 Å². The van der Waals surface area contributed by atoms with E-state index in [-0.39, 0.29) is 20.9 Å². The van der Waals surface area contributed by atoms with Crippen LogP contribution in [0.25, 0.3) is 0 Å². The number of thioether (sulfide) groups is 4. The Morgan fingerprint density at radius 3 is 1.04 bits per heavy atom. The Bertz CT molecular complexity index is 360. The first kappa shape index (κ1) is 22.2.